The van der Waals surface area contributed by atoms with Crippen LogP contribution < -0.4 is 0 Å². The van der Waals surface area contributed by atoms with Gasteiger partial charge in [-0.1, -0.05) is 194 Å². The lowest BCUT2D eigenvalue weighted by Gasteiger charge is -2.13. The third-order valence-electron chi connectivity index (χ3n) is 11.9. The van der Waals surface area contributed by atoms with E-state index in [-0.39, 0.29) is 5.78 Å². The number of fused-ring (bicyclic) bond motifs is 18. The molecule has 57 heavy (non-hydrogen) atoms. The van der Waals surface area contributed by atoms with Crippen LogP contribution in [-0.2, 0) is 0 Å². The van der Waals surface area contributed by atoms with Gasteiger partial charge in [0.15, 0.2) is 5.78 Å². The van der Waals surface area contributed by atoms with Crippen LogP contribution >= 0.6 is 0 Å². The van der Waals surface area contributed by atoms with Gasteiger partial charge in [0.25, 0.3) is 0 Å². The van der Waals surface area contributed by atoms with E-state index in [0.717, 1.165) is 10.8 Å². The van der Waals surface area contributed by atoms with Crippen LogP contribution in [0.3, 0.4) is 0 Å². The SMILES string of the molecule is Cc1ccc2c3ccccc3c3ccccc3c2c1.O=C(c1ccc2c3ccccc3c3ccccc3c2c1)c1ccc2c3ccccc3c3ccccc3c2c1. The smallest absolute Gasteiger partial charge is 0.193 e. The van der Waals surface area contributed by atoms with Crippen molar-refractivity contribution in [1.29, 1.82) is 0 Å². The molecule has 12 aromatic carbocycles. The molecule has 0 aliphatic heterocycles. The van der Waals surface area contributed by atoms with Gasteiger partial charge >= 0.3 is 0 Å². The Morgan fingerprint density at radius 2 is 0.456 bits per heavy atom. The van der Waals surface area contributed by atoms with Crippen LogP contribution in [-0.4, -0.2) is 5.78 Å². The Balaban J connectivity index is 0.000000165. The number of ketones is 1. The fourth-order valence-corrected chi connectivity index (χ4v) is 9.29. The maximum atomic E-state index is 13.9. The molecule has 0 heterocycles. The van der Waals surface area contributed by atoms with Crippen molar-refractivity contribution in [1.82, 2.24) is 0 Å². The van der Waals surface area contributed by atoms with Crippen LogP contribution in [0.2, 0.25) is 0 Å². The van der Waals surface area contributed by atoms with Gasteiger partial charge in [-0.25, -0.2) is 0 Å². The Kier molecular flexibility index (Phi) is 7.62. The molecule has 0 saturated carbocycles. The van der Waals surface area contributed by atoms with Crippen molar-refractivity contribution in [2.45, 2.75) is 6.92 Å². The summed E-state index contributed by atoms with van der Waals surface area (Å²) < 4.78 is 0. The lowest BCUT2D eigenvalue weighted by Crippen LogP contribution is -2.01. The highest BCUT2D eigenvalue weighted by Gasteiger charge is 2.16. The summed E-state index contributed by atoms with van der Waals surface area (Å²) in [7, 11) is 0. The fourth-order valence-electron chi connectivity index (χ4n) is 9.29. The minimum absolute atomic E-state index is 0.0447. The molecule has 12 rings (SSSR count). The van der Waals surface area contributed by atoms with Crippen LogP contribution in [0.15, 0.2) is 200 Å². The molecule has 266 valence electrons. The predicted octanol–water partition coefficient (Wildman–Crippen LogP) is 15.3. The first-order valence-electron chi connectivity index (χ1n) is 19.6. The second-order valence-electron chi connectivity index (χ2n) is 15.2. The molecule has 0 unspecified atom stereocenters. The van der Waals surface area contributed by atoms with Crippen LogP contribution in [0.25, 0.3) is 97.0 Å². The van der Waals surface area contributed by atoms with Crippen molar-refractivity contribution in [2.24, 2.45) is 0 Å². The Bertz CT molecular complexity index is 3340. The molecule has 0 saturated heterocycles. The predicted molar refractivity (Wildman–Crippen MR) is 245 cm³/mol. The summed E-state index contributed by atoms with van der Waals surface area (Å²) >= 11 is 0. The average molecular weight is 725 g/mol. The maximum Gasteiger partial charge on any atom is 0.193 e. The summed E-state index contributed by atoms with van der Waals surface area (Å²) in [5, 5.41) is 22.3. The van der Waals surface area contributed by atoms with E-state index in [2.05, 4.69) is 195 Å². The molecule has 12 aromatic rings. The summed E-state index contributed by atoms with van der Waals surface area (Å²) in [6.45, 7) is 2.16. The molecular weight excluding hydrogens is 689 g/mol. The first-order chi connectivity index (χ1) is 28.1. The third-order valence-corrected chi connectivity index (χ3v) is 11.9. The first kappa shape index (κ1) is 33.0. The lowest BCUT2D eigenvalue weighted by molar-refractivity contribution is 0.103. The van der Waals surface area contributed by atoms with Crippen LogP contribution in [0, 0.1) is 6.92 Å². The van der Waals surface area contributed by atoms with Gasteiger partial charge in [0.05, 0.1) is 0 Å². The van der Waals surface area contributed by atoms with E-state index >= 15 is 0 Å². The zero-order valence-electron chi connectivity index (χ0n) is 31.5. The van der Waals surface area contributed by atoms with E-state index in [1.165, 1.54) is 91.7 Å². The molecule has 0 amide bonds. The third kappa shape index (κ3) is 5.28. The molecule has 0 aromatic heterocycles. The van der Waals surface area contributed by atoms with Gasteiger partial charge in [-0.15, -0.1) is 0 Å². The highest BCUT2D eigenvalue weighted by molar-refractivity contribution is 6.29. The monoisotopic (exact) mass is 724 g/mol. The molecule has 0 radical (unpaired) electrons. The molecule has 0 N–H and O–H groups in total. The molecule has 0 bridgehead atoms. The maximum absolute atomic E-state index is 13.9. The number of rotatable bonds is 2. The summed E-state index contributed by atoms with van der Waals surface area (Å²) in [4.78, 5) is 13.9. The number of hydrogen-bond donors (Lipinski definition) is 0. The Morgan fingerprint density at radius 3 is 0.737 bits per heavy atom. The Labute approximate surface area is 330 Å². The van der Waals surface area contributed by atoms with Crippen molar-refractivity contribution in [3.05, 3.63) is 217 Å². The van der Waals surface area contributed by atoms with Crippen molar-refractivity contribution in [2.75, 3.05) is 0 Å². The highest BCUT2D eigenvalue weighted by atomic mass is 16.1. The van der Waals surface area contributed by atoms with E-state index in [4.69, 9.17) is 0 Å². The lowest BCUT2D eigenvalue weighted by atomic mass is 9.90. The molecule has 1 nitrogen and oxygen atoms in total. The minimum atomic E-state index is 0.0447. The van der Waals surface area contributed by atoms with E-state index in [1.54, 1.807) is 0 Å². The van der Waals surface area contributed by atoms with Gasteiger partial charge in [0.1, 0.15) is 0 Å². The molecule has 0 spiro atoms. The van der Waals surface area contributed by atoms with Crippen LogP contribution in [0.1, 0.15) is 21.5 Å². The quantitative estimate of drug-likeness (QED) is 0.128. The molecule has 1 heteroatoms. The number of benzene rings is 12. The topological polar surface area (TPSA) is 17.1 Å². The Morgan fingerprint density at radius 1 is 0.246 bits per heavy atom. The van der Waals surface area contributed by atoms with Crippen molar-refractivity contribution >= 4 is 103 Å². The largest absolute Gasteiger partial charge is 0.289 e. The second-order valence-corrected chi connectivity index (χ2v) is 15.2. The van der Waals surface area contributed by atoms with Gasteiger partial charge < -0.3 is 0 Å². The van der Waals surface area contributed by atoms with E-state index < -0.39 is 0 Å². The van der Waals surface area contributed by atoms with Gasteiger partial charge in [0.2, 0.25) is 0 Å². The molecule has 0 aliphatic rings. The first-order valence-corrected chi connectivity index (χ1v) is 19.6. The summed E-state index contributed by atoms with van der Waals surface area (Å²) in [5.41, 5.74) is 2.73. The van der Waals surface area contributed by atoms with Crippen molar-refractivity contribution in [3.8, 4) is 0 Å². The van der Waals surface area contributed by atoms with Gasteiger partial charge in [-0.2, -0.15) is 0 Å². The molecular formula is C56H36O. The van der Waals surface area contributed by atoms with Gasteiger partial charge in [0, 0.05) is 11.1 Å². The fraction of sp³-hybridized carbons (Fsp3) is 0.0179. The normalized spacial score (nSPS) is 11.7. The highest BCUT2D eigenvalue weighted by Crippen LogP contribution is 2.39. The van der Waals surface area contributed by atoms with Crippen LogP contribution in [0.5, 0.6) is 0 Å². The zero-order valence-corrected chi connectivity index (χ0v) is 31.5. The van der Waals surface area contributed by atoms with E-state index in [9.17, 15) is 4.79 Å². The van der Waals surface area contributed by atoms with Gasteiger partial charge in [-0.05, 0) is 116 Å². The molecule has 0 fully saturated rings. The number of aryl methyl sites for hydroxylation is 1. The van der Waals surface area contributed by atoms with Crippen LogP contribution in [0.4, 0.5) is 0 Å². The van der Waals surface area contributed by atoms with Crippen molar-refractivity contribution < 1.29 is 4.79 Å². The standard InChI is InChI=1S/C37H22O.C19H14/c38-37(23-17-19-33-29-13-3-1-9-25(29)27-11-5-7-15-31(27)35(33)21-23)24-18-20-34-30-14-4-2-10-26(30)28-12-6-8-16-32(28)36(34)22-24;1-13-10-11-18-16-8-3-2-6-14(16)15-7-4-5-9-17(15)19(18)12-13/h1-22H;2-12H,1H3. The van der Waals surface area contributed by atoms with Gasteiger partial charge in [-0.3, -0.25) is 4.79 Å². The van der Waals surface area contributed by atoms with E-state index in [1.807, 2.05) is 12.1 Å². The van der Waals surface area contributed by atoms with E-state index in [0.29, 0.717) is 11.1 Å². The number of carbonyl (C=O) groups is 1. The average Bonchev–Trinajstić information content (AvgIpc) is 3.29. The zero-order chi connectivity index (χ0) is 38.0. The molecule has 0 aliphatic carbocycles. The minimum Gasteiger partial charge on any atom is -0.289 e. The Hall–Kier alpha value is -7.35. The number of carbonyl (C=O) groups excluding carboxylic acids is 1. The second kappa shape index (κ2) is 13.2. The number of hydrogen-bond acceptors (Lipinski definition) is 1. The summed E-state index contributed by atoms with van der Waals surface area (Å²) in [6.07, 6.45) is 0. The summed E-state index contributed by atoms with van der Waals surface area (Å²) in [5.74, 6) is 0.0447. The summed E-state index contributed by atoms with van der Waals surface area (Å²) in [6, 6.07) is 70.5. The molecule has 0 atom stereocenters. The van der Waals surface area contributed by atoms with Crippen molar-refractivity contribution in [3.63, 3.8) is 0 Å².